The summed E-state index contributed by atoms with van der Waals surface area (Å²) < 4.78 is 10.6. The largest absolute Gasteiger partial charge is 0.466 e. The molecule has 0 amide bonds. The molecule has 5 heteroatoms. The van der Waals surface area contributed by atoms with Gasteiger partial charge in [-0.1, -0.05) is 31.6 Å². The highest BCUT2D eigenvalue weighted by molar-refractivity contribution is 5.66. The molecule has 0 radical (unpaired) electrons. The molecule has 172 valence electrons. The van der Waals surface area contributed by atoms with Crippen LogP contribution in [0.1, 0.15) is 79.1 Å². The third kappa shape index (κ3) is 3.99. The Balaban J connectivity index is 1.48. The molecule has 0 aromatic heterocycles. The minimum absolute atomic E-state index is 0.0352. The Labute approximate surface area is 186 Å². The van der Waals surface area contributed by atoms with Gasteiger partial charge in [-0.2, -0.15) is 0 Å². The fraction of sp³-hybridized carbons (Fsp3) is 0.769. The van der Waals surface area contributed by atoms with E-state index in [1.807, 2.05) is 0 Å². The highest BCUT2D eigenvalue weighted by Gasteiger charge is 2.57. The molecule has 0 bridgehead atoms. The van der Waals surface area contributed by atoms with E-state index in [4.69, 9.17) is 9.47 Å². The van der Waals surface area contributed by atoms with Crippen molar-refractivity contribution in [2.24, 2.45) is 28.6 Å². The Morgan fingerprint density at radius 1 is 1.06 bits per heavy atom. The molecule has 0 aromatic rings. The van der Waals surface area contributed by atoms with Gasteiger partial charge < -0.3 is 14.6 Å². The van der Waals surface area contributed by atoms with Crippen LogP contribution < -0.4 is 0 Å². The van der Waals surface area contributed by atoms with E-state index < -0.39 is 6.10 Å². The SMILES string of the molecule is CC(=O)OCC[C@H](O)C1=CC[C@@H]2[C@H]3CC=C4C[C@@H](OC(C)=O)CC[C@]4(C)[C@@H]3CC[C@@]12C. The first kappa shape index (κ1) is 22.6. The van der Waals surface area contributed by atoms with Crippen LogP contribution >= 0.6 is 0 Å². The summed E-state index contributed by atoms with van der Waals surface area (Å²) in [4.78, 5) is 22.5. The van der Waals surface area contributed by atoms with Crippen LogP contribution in [0, 0.1) is 28.6 Å². The lowest BCUT2D eigenvalue weighted by molar-refractivity contribution is -0.148. The van der Waals surface area contributed by atoms with Crippen molar-refractivity contribution in [3.05, 3.63) is 23.3 Å². The smallest absolute Gasteiger partial charge is 0.302 e. The third-order valence-corrected chi connectivity index (χ3v) is 9.09. The predicted molar refractivity (Wildman–Crippen MR) is 118 cm³/mol. The Morgan fingerprint density at radius 2 is 1.81 bits per heavy atom. The predicted octanol–water partition coefficient (Wildman–Crippen LogP) is 4.73. The van der Waals surface area contributed by atoms with Gasteiger partial charge in [0, 0.05) is 26.7 Å². The lowest BCUT2D eigenvalue weighted by atomic mass is 9.47. The number of hydrogen-bond donors (Lipinski definition) is 1. The third-order valence-electron chi connectivity index (χ3n) is 9.09. The summed E-state index contributed by atoms with van der Waals surface area (Å²) in [5.74, 6) is 1.39. The quantitative estimate of drug-likeness (QED) is 0.504. The van der Waals surface area contributed by atoms with Crippen molar-refractivity contribution in [3.8, 4) is 0 Å². The van der Waals surface area contributed by atoms with Crippen LogP contribution in [0.4, 0.5) is 0 Å². The molecule has 0 spiro atoms. The number of hydrogen-bond acceptors (Lipinski definition) is 5. The summed E-state index contributed by atoms with van der Waals surface area (Å²) in [6, 6.07) is 0. The maximum absolute atomic E-state index is 11.4. The average Bonchev–Trinajstić information content (AvgIpc) is 3.05. The molecule has 0 unspecified atom stereocenters. The average molecular weight is 431 g/mol. The van der Waals surface area contributed by atoms with Crippen molar-refractivity contribution in [1.82, 2.24) is 0 Å². The second kappa shape index (κ2) is 8.38. The van der Waals surface area contributed by atoms with Gasteiger partial charge in [0.25, 0.3) is 0 Å². The van der Waals surface area contributed by atoms with Crippen LogP contribution in [-0.2, 0) is 19.1 Å². The number of aliphatic hydroxyl groups is 1. The molecule has 0 heterocycles. The van der Waals surface area contributed by atoms with Gasteiger partial charge in [-0.3, -0.25) is 9.59 Å². The first-order valence-corrected chi connectivity index (χ1v) is 12.0. The zero-order valence-corrected chi connectivity index (χ0v) is 19.5. The van der Waals surface area contributed by atoms with Gasteiger partial charge in [-0.05, 0) is 72.7 Å². The van der Waals surface area contributed by atoms with E-state index in [9.17, 15) is 14.7 Å². The number of carbonyl (C=O) groups is 2. The lowest BCUT2D eigenvalue weighted by Gasteiger charge is -2.58. The molecule has 0 aromatic carbocycles. The summed E-state index contributed by atoms with van der Waals surface area (Å²) in [5, 5.41) is 10.9. The van der Waals surface area contributed by atoms with Crippen molar-refractivity contribution in [2.75, 3.05) is 6.61 Å². The van der Waals surface area contributed by atoms with Crippen LogP contribution in [0.15, 0.2) is 23.3 Å². The zero-order chi connectivity index (χ0) is 22.4. The first-order valence-electron chi connectivity index (χ1n) is 12.0. The van der Waals surface area contributed by atoms with Crippen molar-refractivity contribution in [2.45, 2.75) is 91.3 Å². The topological polar surface area (TPSA) is 72.8 Å². The number of rotatable bonds is 5. The van der Waals surface area contributed by atoms with Crippen molar-refractivity contribution >= 4 is 11.9 Å². The van der Waals surface area contributed by atoms with Gasteiger partial charge in [0.1, 0.15) is 6.10 Å². The lowest BCUT2D eigenvalue weighted by Crippen LogP contribution is -2.50. The zero-order valence-electron chi connectivity index (χ0n) is 19.5. The second-order valence-corrected chi connectivity index (χ2v) is 10.7. The van der Waals surface area contributed by atoms with Gasteiger partial charge in [-0.15, -0.1) is 0 Å². The van der Waals surface area contributed by atoms with E-state index in [2.05, 4.69) is 26.0 Å². The number of ether oxygens (including phenoxy) is 2. The molecule has 2 saturated carbocycles. The number of allylic oxidation sites excluding steroid dienone is 2. The van der Waals surface area contributed by atoms with Crippen LogP contribution in [0.2, 0.25) is 0 Å². The monoisotopic (exact) mass is 430 g/mol. The number of fused-ring (bicyclic) bond motifs is 5. The molecule has 0 saturated heterocycles. The maximum atomic E-state index is 11.4. The molecule has 4 aliphatic carbocycles. The van der Waals surface area contributed by atoms with Gasteiger partial charge in [0.15, 0.2) is 0 Å². The molecule has 7 atom stereocenters. The fourth-order valence-corrected chi connectivity index (χ4v) is 7.55. The standard InChI is InChI=1S/C26H38O5/c1-16(27)30-14-11-24(29)23-8-7-21-20-6-5-18-15-19(31-17(2)28)9-12-25(18,3)22(20)10-13-26(21,23)4/h5,8,19-22,24,29H,6-7,9-15H2,1-4H3/t19-,20+,21+,22+,24-,25-,26+/m0/s1. The minimum atomic E-state index is -0.532. The van der Waals surface area contributed by atoms with E-state index in [0.29, 0.717) is 24.2 Å². The molecule has 1 N–H and O–H groups in total. The molecule has 4 rings (SSSR count). The first-order chi connectivity index (χ1) is 14.6. The van der Waals surface area contributed by atoms with Gasteiger partial charge >= 0.3 is 11.9 Å². The number of esters is 2. The molecule has 2 fully saturated rings. The Bertz CT molecular complexity index is 798. The molecule has 31 heavy (non-hydrogen) atoms. The van der Waals surface area contributed by atoms with Gasteiger partial charge in [-0.25, -0.2) is 0 Å². The molecular formula is C26H38O5. The highest BCUT2D eigenvalue weighted by atomic mass is 16.5. The van der Waals surface area contributed by atoms with E-state index in [1.54, 1.807) is 0 Å². The molecular weight excluding hydrogens is 392 g/mol. The summed E-state index contributed by atoms with van der Waals surface area (Å²) in [5.41, 5.74) is 2.91. The Kier molecular flexibility index (Phi) is 6.10. The van der Waals surface area contributed by atoms with Crippen LogP contribution in [0.3, 0.4) is 0 Å². The van der Waals surface area contributed by atoms with Crippen molar-refractivity contribution in [1.29, 1.82) is 0 Å². The fourth-order valence-electron chi connectivity index (χ4n) is 7.55. The van der Waals surface area contributed by atoms with Crippen LogP contribution in [0.25, 0.3) is 0 Å². The van der Waals surface area contributed by atoms with E-state index in [0.717, 1.165) is 38.5 Å². The number of carbonyl (C=O) groups excluding carboxylic acids is 2. The molecule has 5 nitrogen and oxygen atoms in total. The maximum Gasteiger partial charge on any atom is 0.302 e. The summed E-state index contributed by atoms with van der Waals surface area (Å²) in [6.45, 7) is 7.98. The summed E-state index contributed by atoms with van der Waals surface area (Å²) in [6.07, 6.45) is 12.1. The van der Waals surface area contributed by atoms with Crippen LogP contribution in [0.5, 0.6) is 0 Å². The highest BCUT2D eigenvalue weighted by Crippen LogP contribution is 2.65. The van der Waals surface area contributed by atoms with E-state index in [1.165, 1.54) is 31.4 Å². The normalized spacial score (nSPS) is 39.9. The Hall–Kier alpha value is -1.62. The van der Waals surface area contributed by atoms with Crippen molar-refractivity contribution < 1.29 is 24.2 Å². The van der Waals surface area contributed by atoms with Crippen molar-refractivity contribution in [3.63, 3.8) is 0 Å². The van der Waals surface area contributed by atoms with Crippen LogP contribution in [-0.4, -0.2) is 35.9 Å². The van der Waals surface area contributed by atoms with Gasteiger partial charge in [0.2, 0.25) is 0 Å². The molecule has 0 aliphatic heterocycles. The second-order valence-electron chi connectivity index (χ2n) is 10.7. The summed E-state index contributed by atoms with van der Waals surface area (Å²) >= 11 is 0. The van der Waals surface area contributed by atoms with E-state index >= 15 is 0 Å². The molecule has 4 aliphatic rings. The minimum Gasteiger partial charge on any atom is -0.466 e. The number of aliphatic hydroxyl groups excluding tert-OH is 1. The van der Waals surface area contributed by atoms with Gasteiger partial charge in [0.05, 0.1) is 12.7 Å². The summed E-state index contributed by atoms with van der Waals surface area (Å²) in [7, 11) is 0. The Morgan fingerprint density at radius 3 is 2.52 bits per heavy atom. The van der Waals surface area contributed by atoms with E-state index in [-0.39, 0.29) is 35.5 Å².